The maximum absolute atomic E-state index is 12.2. The molecule has 146 valence electrons. The number of ether oxygens (including phenoxy) is 1. The van der Waals surface area contributed by atoms with Gasteiger partial charge in [0.15, 0.2) is 0 Å². The Morgan fingerprint density at radius 3 is 2.79 bits per heavy atom. The molecule has 0 radical (unpaired) electrons. The fraction of sp³-hybridized carbons (Fsp3) is 0.167. The highest BCUT2D eigenvalue weighted by Crippen LogP contribution is 2.22. The normalized spacial score (nSPS) is 10.0. The van der Waals surface area contributed by atoms with E-state index < -0.39 is 0 Å². The van der Waals surface area contributed by atoms with Crippen molar-refractivity contribution in [1.29, 1.82) is 0 Å². The van der Waals surface area contributed by atoms with Gasteiger partial charge in [0, 0.05) is 28.9 Å². The van der Waals surface area contributed by atoms with Crippen molar-refractivity contribution in [3.63, 3.8) is 0 Å². The van der Waals surface area contributed by atoms with Crippen molar-refractivity contribution in [3.8, 4) is 17.6 Å². The van der Waals surface area contributed by atoms with Gasteiger partial charge in [-0.3, -0.25) is 4.79 Å². The van der Waals surface area contributed by atoms with E-state index >= 15 is 0 Å². The van der Waals surface area contributed by atoms with E-state index in [1.54, 1.807) is 12.3 Å². The van der Waals surface area contributed by atoms with E-state index in [-0.39, 0.29) is 5.91 Å². The second-order valence-electron chi connectivity index (χ2n) is 6.46. The maximum Gasteiger partial charge on any atom is 0.224 e. The molecule has 0 bridgehead atoms. The van der Waals surface area contributed by atoms with Gasteiger partial charge in [0.05, 0.1) is 6.61 Å². The Balaban J connectivity index is 1.47. The Bertz CT molecular complexity index is 1040. The molecule has 0 unspecified atom stereocenters. The third-order valence-electron chi connectivity index (χ3n) is 4.09. The van der Waals surface area contributed by atoms with Gasteiger partial charge in [0.25, 0.3) is 0 Å². The molecule has 0 saturated heterocycles. The van der Waals surface area contributed by atoms with Gasteiger partial charge in [-0.05, 0) is 73.4 Å². The Morgan fingerprint density at radius 2 is 2.00 bits per heavy atom. The van der Waals surface area contributed by atoms with Gasteiger partial charge in [-0.2, -0.15) is 0 Å². The average molecular weight is 405 g/mol. The number of aromatic nitrogens is 1. The number of nitrogens with zero attached hydrogens (tertiary/aromatic N) is 1. The topological polar surface area (TPSA) is 51.2 Å². The summed E-state index contributed by atoms with van der Waals surface area (Å²) >= 11 is 5.94. The van der Waals surface area contributed by atoms with E-state index in [1.165, 1.54) is 0 Å². The molecule has 1 aromatic heterocycles. The number of amides is 1. The van der Waals surface area contributed by atoms with Gasteiger partial charge in [-0.25, -0.2) is 4.98 Å². The standard InChI is InChI=1S/C24H21ClN2O2/c1-18-16-20(25)11-13-23(18)29-15-5-9-24(28)27-22-8-4-6-19(17-22)10-12-21-7-2-3-14-26-21/h2-4,6-8,11,13-14,16-17H,5,9,15H2,1H3,(H,27,28). The van der Waals surface area contributed by atoms with Crippen LogP contribution in [-0.2, 0) is 4.79 Å². The molecule has 0 saturated carbocycles. The highest BCUT2D eigenvalue weighted by molar-refractivity contribution is 6.30. The van der Waals surface area contributed by atoms with Crippen LogP contribution in [0.5, 0.6) is 5.75 Å². The molecular weight excluding hydrogens is 384 g/mol. The Hall–Kier alpha value is -3.29. The van der Waals surface area contributed by atoms with E-state index in [1.807, 2.05) is 61.5 Å². The molecule has 0 aliphatic heterocycles. The Labute approximate surface area is 175 Å². The molecule has 0 aliphatic rings. The number of aryl methyl sites for hydroxylation is 1. The molecule has 0 spiro atoms. The van der Waals surface area contributed by atoms with Crippen LogP contribution in [0.25, 0.3) is 0 Å². The fourth-order valence-electron chi connectivity index (χ4n) is 2.66. The molecule has 3 rings (SSSR count). The summed E-state index contributed by atoms with van der Waals surface area (Å²) in [6.45, 7) is 2.41. The smallest absolute Gasteiger partial charge is 0.224 e. The van der Waals surface area contributed by atoms with Gasteiger partial charge in [0.1, 0.15) is 11.4 Å². The summed E-state index contributed by atoms with van der Waals surface area (Å²) in [5.41, 5.74) is 3.22. The van der Waals surface area contributed by atoms with Crippen LogP contribution in [0, 0.1) is 18.8 Å². The zero-order valence-corrected chi connectivity index (χ0v) is 16.9. The molecule has 0 aliphatic carbocycles. The fourth-order valence-corrected chi connectivity index (χ4v) is 2.89. The molecule has 0 fully saturated rings. The lowest BCUT2D eigenvalue weighted by Crippen LogP contribution is -2.13. The number of hydrogen-bond acceptors (Lipinski definition) is 3. The minimum atomic E-state index is -0.0590. The molecule has 0 atom stereocenters. The van der Waals surface area contributed by atoms with Crippen LogP contribution in [0.15, 0.2) is 66.9 Å². The number of hydrogen-bond donors (Lipinski definition) is 1. The molecule has 4 nitrogen and oxygen atoms in total. The van der Waals surface area contributed by atoms with E-state index in [9.17, 15) is 4.79 Å². The lowest BCUT2D eigenvalue weighted by atomic mass is 10.2. The third kappa shape index (κ3) is 6.67. The molecule has 2 aromatic carbocycles. The first-order valence-electron chi connectivity index (χ1n) is 9.32. The Kier molecular flexibility index (Phi) is 7.27. The zero-order valence-electron chi connectivity index (χ0n) is 16.1. The summed E-state index contributed by atoms with van der Waals surface area (Å²) < 4.78 is 5.72. The van der Waals surface area contributed by atoms with Crippen LogP contribution >= 0.6 is 11.6 Å². The molecule has 29 heavy (non-hydrogen) atoms. The van der Waals surface area contributed by atoms with Crippen molar-refractivity contribution in [2.45, 2.75) is 19.8 Å². The number of halogens is 1. The molecule has 1 amide bonds. The molecule has 1 N–H and O–H groups in total. The SMILES string of the molecule is Cc1cc(Cl)ccc1OCCCC(=O)Nc1cccc(C#Cc2ccccn2)c1. The average Bonchev–Trinajstić information content (AvgIpc) is 2.72. The first-order chi connectivity index (χ1) is 14.1. The van der Waals surface area contributed by atoms with E-state index in [4.69, 9.17) is 16.3 Å². The van der Waals surface area contributed by atoms with Gasteiger partial charge in [0.2, 0.25) is 5.91 Å². The van der Waals surface area contributed by atoms with Gasteiger partial charge in [-0.15, -0.1) is 0 Å². The predicted octanol–water partition coefficient (Wildman–Crippen LogP) is 5.24. The quantitative estimate of drug-likeness (QED) is 0.451. The highest BCUT2D eigenvalue weighted by Gasteiger charge is 2.05. The van der Waals surface area contributed by atoms with Crippen molar-refractivity contribution in [1.82, 2.24) is 4.98 Å². The minimum absolute atomic E-state index is 0.0590. The van der Waals surface area contributed by atoms with Crippen molar-refractivity contribution >= 4 is 23.2 Å². The second-order valence-corrected chi connectivity index (χ2v) is 6.89. The van der Waals surface area contributed by atoms with Crippen molar-refractivity contribution in [2.24, 2.45) is 0 Å². The Morgan fingerprint density at radius 1 is 1.10 bits per heavy atom. The van der Waals surface area contributed by atoms with Crippen LogP contribution in [0.1, 0.15) is 29.7 Å². The summed E-state index contributed by atoms with van der Waals surface area (Å²) in [6, 6.07) is 18.5. The highest BCUT2D eigenvalue weighted by atomic mass is 35.5. The summed E-state index contributed by atoms with van der Waals surface area (Å²) in [5, 5.41) is 3.58. The van der Waals surface area contributed by atoms with Crippen molar-refractivity contribution < 1.29 is 9.53 Å². The number of nitrogens with one attached hydrogen (secondary N) is 1. The molecule has 3 aromatic rings. The van der Waals surface area contributed by atoms with Crippen LogP contribution in [0.4, 0.5) is 5.69 Å². The molecule has 5 heteroatoms. The minimum Gasteiger partial charge on any atom is -0.493 e. The number of rotatable bonds is 6. The number of carbonyl (C=O) groups is 1. The van der Waals surface area contributed by atoms with E-state index in [2.05, 4.69) is 22.1 Å². The van der Waals surface area contributed by atoms with Gasteiger partial charge in [-0.1, -0.05) is 29.7 Å². The van der Waals surface area contributed by atoms with Crippen LogP contribution in [-0.4, -0.2) is 17.5 Å². The number of benzene rings is 2. The number of carbonyl (C=O) groups excluding carboxylic acids is 1. The summed E-state index contributed by atoms with van der Waals surface area (Å²) in [4.78, 5) is 16.4. The number of pyridine rings is 1. The van der Waals surface area contributed by atoms with Gasteiger partial charge < -0.3 is 10.1 Å². The first-order valence-corrected chi connectivity index (χ1v) is 9.70. The molecule has 1 heterocycles. The zero-order chi connectivity index (χ0) is 20.5. The third-order valence-corrected chi connectivity index (χ3v) is 4.32. The summed E-state index contributed by atoms with van der Waals surface area (Å²) in [5.74, 6) is 6.80. The summed E-state index contributed by atoms with van der Waals surface area (Å²) in [6.07, 6.45) is 2.70. The number of anilines is 1. The lowest BCUT2D eigenvalue weighted by molar-refractivity contribution is -0.116. The van der Waals surface area contributed by atoms with Crippen molar-refractivity contribution in [3.05, 3.63) is 88.7 Å². The monoisotopic (exact) mass is 404 g/mol. The van der Waals surface area contributed by atoms with Gasteiger partial charge >= 0.3 is 0 Å². The van der Waals surface area contributed by atoms with Crippen molar-refractivity contribution in [2.75, 3.05) is 11.9 Å². The molecular formula is C24H21ClN2O2. The largest absolute Gasteiger partial charge is 0.493 e. The van der Waals surface area contributed by atoms with E-state index in [0.717, 1.165) is 22.6 Å². The van der Waals surface area contributed by atoms with Crippen LogP contribution < -0.4 is 10.1 Å². The van der Waals surface area contributed by atoms with Crippen LogP contribution in [0.2, 0.25) is 5.02 Å². The van der Waals surface area contributed by atoms with E-state index in [0.29, 0.717) is 30.2 Å². The first kappa shape index (κ1) is 20.4. The second kappa shape index (κ2) is 10.3. The summed E-state index contributed by atoms with van der Waals surface area (Å²) in [7, 11) is 0. The lowest BCUT2D eigenvalue weighted by Gasteiger charge is -2.09. The maximum atomic E-state index is 12.2. The van der Waals surface area contributed by atoms with Crippen LogP contribution in [0.3, 0.4) is 0 Å². The predicted molar refractivity (Wildman–Crippen MR) is 116 cm³/mol.